The van der Waals surface area contributed by atoms with Gasteiger partial charge in [-0.2, -0.15) is 0 Å². The number of hydrogen-bond acceptors (Lipinski definition) is 2. The molecule has 0 radical (unpaired) electrons. The summed E-state index contributed by atoms with van der Waals surface area (Å²) in [4.78, 5) is 11.1. The maximum atomic E-state index is 13.1. The van der Waals surface area contributed by atoms with Gasteiger partial charge in [0.15, 0.2) is 0 Å². The first-order valence-corrected chi connectivity index (χ1v) is 6.81. The molecule has 0 heterocycles. The lowest BCUT2D eigenvalue weighted by atomic mass is 10.1. The van der Waals surface area contributed by atoms with Crippen LogP contribution in [0.1, 0.15) is 28.9 Å². The second kappa shape index (κ2) is 6.05. The third-order valence-corrected chi connectivity index (χ3v) is 3.43. The van der Waals surface area contributed by atoms with Gasteiger partial charge in [-0.3, -0.25) is 0 Å². The second-order valence-corrected chi connectivity index (χ2v) is 5.33. The zero-order valence-electron chi connectivity index (χ0n) is 10.7. The van der Waals surface area contributed by atoms with Gasteiger partial charge in [0.25, 0.3) is 0 Å². The van der Waals surface area contributed by atoms with Crippen molar-refractivity contribution in [2.75, 3.05) is 5.32 Å². The number of halogens is 2. The zero-order chi connectivity index (χ0) is 14.7. The SMILES string of the molecule is CC(Nc1ccc(F)cc1C(=O)O)c1cccc(Br)c1. The Morgan fingerprint density at radius 1 is 1.30 bits per heavy atom. The summed E-state index contributed by atoms with van der Waals surface area (Å²) in [5.41, 5.74) is 1.32. The minimum atomic E-state index is -1.16. The molecule has 5 heteroatoms. The van der Waals surface area contributed by atoms with Gasteiger partial charge in [0.1, 0.15) is 5.82 Å². The molecule has 2 aromatic carbocycles. The fourth-order valence-corrected chi connectivity index (χ4v) is 2.33. The Morgan fingerprint density at radius 3 is 2.70 bits per heavy atom. The summed E-state index contributed by atoms with van der Waals surface area (Å²) < 4.78 is 14.1. The van der Waals surface area contributed by atoms with Crippen molar-refractivity contribution in [3.8, 4) is 0 Å². The van der Waals surface area contributed by atoms with Crippen LogP contribution in [-0.4, -0.2) is 11.1 Å². The van der Waals surface area contributed by atoms with Gasteiger partial charge in [-0.25, -0.2) is 9.18 Å². The lowest BCUT2D eigenvalue weighted by molar-refractivity contribution is 0.0697. The number of nitrogens with one attached hydrogen (secondary N) is 1. The number of carbonyl (C=O) groups is 1. The van der Waals surface area contributed by atoms with E-state index in [0.29, 0.717) is 5.69 Å². The zero-order valence-corrected chi connectivity index (χ0v) is 12.3. The molecule has 20 heavy (non-hydrogen) atoms. The van der Waals surface area contributed by atoms with E-state index in [2.05, 4.69) is 21.2 Å². The number of benzene rings is 2. The van der Waals surface area contributed by atoms with E-state index in [4.69, 9.17) is 5.11 Å². The second-order valence-electron chi connectivity index (χ2n) is 4.42. The number of rotatable bonds is 4. The topological polar surface area (TPSA) is 49.3 Å². The van der Waals surface area contributed by atoms with Gasteiger partial charge in [-0.05, 0) is 42.8 Å². The summed E-state index contributed by atoms with van der Waals surface area (Å²) in [6.45, 7) is 1.91. The van der Waals surface area contributed by atoms with Crippen molar-refractivity contribution in [2.45, 2.75) is 13.0 Å². The Hall–Kier alpha value is -1.88. The Balaban J connectivity index is 2.28. The van der Waals surface area contributed by atoms with Crippen molar-refractivity contribution in [1.29, 1.82) is 0 Å². The van der Waals surface area contributed by atoms with Gasteiger partial charge in [-0.15, -0.1) is 0 Å². The van der Waals surface area contributed by atoms with Gasteiger partial charge >= 0.3 is 5.97 Å². The molecule has 0 spiro atoms. The van der Waals surface area contributed by atoms with Crippen molar-refractivity contribution in [1.82, 2.24) is 0 Å². The molecule has 104 valence electrons. The highest BCUT2D eigenvalue weighted by Gasteiger charge is 2.14. The standard InChI is InChI=1S/C15H13BrFNO2/c1-9(10-3-2-4-11(16)7-10)18-14-6-5-12(17)8-13(14)15(19)20/h2-9,18H,1H3,(H,19,20). The monoisotopic (exact) mass is 337 g/mol. The maximum Gasteiger partial charge on any atom is 0.337 e. The van der Waals surface area contributed by atoms with Crippen LogP contribution >= 0.6 is 15.9 Å². The largest absolute Gasteiger partial charge is 0.478 e. The van der Waals surface area contributed by atoms with Crippen LogP contribution in [0.2, 0.25) is 0 Å². The quantitative estimate of drug-likeness (QED) is 0.865. The first-order chi connectivity index (χ1) is 9.47. The normalized spacial score (nSPS) is 11.9. The Morgan fingerprint density at radius 2 is 2.05 bits per heavy atom. The third kappa shape index (κ3) is 3.36. The summed E-state index contributed by atoms with van der Waals surface area (Å²) in [5.74, 6) is -1.73. The van der Waals surface area contributed by atoms with Crippen LogP contribution in [0, 0.1) is 5.82 Å². The molecule has 3 nitrogen and oxygen atoms in total. The molecular formula is C15H13BrFNO2. The number of carboxylic acids is 1. The van der Waals surface area contributed by atoms with Crippen LogP contribution in [0.25, 0.3) is 0 Å². The van der Waals surface area contributed by atoms with Crippen LogP contribution in [0.5, 0.6) is 0 Å². The van der Waals surface area contributed by atoms with E-state index < -0.39 is 11.8 Å². The minimum Gasteiger partial charge on any atom is -0.478 e. The van der Waals surface area contributed by atoms with Crippen LogP contribution in [0.3, 0.4) is 0 Å². The van der Waals surface area contributed by atoms with Crippen molar-refractivity contribution in [3.63, 3.8) is 0 Å². The van der Waals surface area contributed by atoms with Crippen molar-refractivity contribution >= 4 is 27.6 Å². The van der Waals surface area contributed by atoms with Crippen molar-refractivity contribution < 1.29 is 14.3 Å². The molecular weight excluding hydrogens is 325 g/mol. The van der Waals surface area contributed by atoms with E-state index in [1.807, 2.05) is 31.2 Å². The van der Waals surface area contributed by atoms with Crippen molar-refractivity contribution in [3.05, 3.63) is 63.9 Å². The molecule has 0 bridgehead atoms. The van der Waals surface area contributed by atoms with E-state index in [9.17, 15) is 9.18 Å². The lowest BCUT2D eigenvalue weighted by Gasteiger charge is -2.17. The van der Waals surface area contributed by atoms with E-state index in [-0.39, 0.29) is 11.6 Å². The van der Waals surface area contributed by atoms with Crippen molar-refractivity contribution in [2.24, 2.45) is 0 Å². The molecule has 0 aliphatic carbocycles. The first-order valence-electron chi connectivity index (χ1n) is 6.02. The molecule has 0 aliphatic heterocycles. The van der Waals surface area contributed by atoms with Gasteiger partial charge in [0, 0.05) is 16.2 Å². The fourth-order valence-electron chi connectivity index (χ4n) is 1.91. The summed E-state index contributed by atoms with van der Waals surface area (Å²) in [6, 6.07) is 11.3. The number of anilines is 1. The minimum absolute atomic E-state index is 0.0770. The summed E-state index contributed by atoms with van der Waals surface area (Å²) in [7, 11) is 0. The highest BCUT2D eigenvalue weighted by Crippen LogP contribution is 2.25. The van der Waals surface area contributed by atoms with E-state index in [1.54, 1.807) is 0 Å². The van der Waals surface area contributed by atoms with Crippen LogP contribution in [0.4, 0.5) is 10.1 Å². The first kappa shape index (κ1) is 14.5. The van der Waals surface area contributed by atoms with Crippen LogP contribution < -0.4 is 5.32 Å². The predicted molar refractivity (Wildman–Crippen MR) is 79.5 cm³/mol. The molecule has 0 aromatic heterocycles. The molecule has 0 saturated carbocycles. The summed E-state index contributed by atoms with van der Waals surface area (Å²) >= 11 is 3.39. The van der Waals surface area contributed by atoms with Crippen LogP contribution in [-0.2, 0) is 0 Å². The van der Waals surface area contributed by atoms with Gasteiger partial charge in [0.2, 0.25) is 0 Å². The number of aromatic carboxylic acids is 1. The molecule has 0 fully saturated rings. The average Bonchev–Trinajstić information content (AvgIpc) is 2.40. The van der Waals surface area contributed by atoms with Crippen LogP contribution in [0.15, 0.2) is 46.9 Å². The molecule has 2 rings (SSSR count). The molecule has 1 atom stereocenters. The lowest BCUT2D eigenvalue weighted by Crippen LogP contribution is -2.11. The summed E-state index contributed by atoms with van der Waals surface area (Å²) in [6.07, 6.45) is 0. The van der Waals surface area contributed by atoms with E-state index >= 15 is 0 Å². The van der Waals surface area contributed by atoms with Gasteiger partial charge in [0.05, 0.1) is 5.56 Å². The highest BCUT2D eigenvalue weighted by atomic mass is 79.9. The third-order valence-electron chi connectivity index (χ3n) is 2.93. The molecule has 2 N–H and O–H groups in total. The Bertz CT molecular complexity index is 646. The molecule has 1 unspecified atom stereocenters. The summed E-state index contributed by atoms with van der Waals surface area (Å²) in [5, 5.41) is 12.2. The molecule has 0 amide bonds. The fraction of sp³-hybridized carbons (Fsp3) is 0.133. The Kier molecular flexibility index (Phi) is 4.39. The predicted octanol–water partition coefficient (Wildman–Crippen LogP) is 4.46. The number of hydrogen-bond donors (Lipinski definition) is 2. The highest BCUT2D eigenvalue weighted by molar-refractivity contribution is 9.10. The van der Waals surface area contributed by atoms with Gasteiger partial charge in [-0.1, -0.05) is 28.1 Å². The van der Waals surface area contributed by atoms with E-state index in [1.165, 1.54) is 12.1 Å². The molecule has 0 aliphatic rings. The molecule has 0 saturated heterocycles. The van der Waals surface area contributed by atoms with E-state index in [0.717, 1.165) is 16.1 Å². The molecule has 2 aromatic rings. The average molecular weight is 338 g/mol. The number of carboxylic acid groups (broad SMARTS) is 1. The maximum absolute atomic E-state index is 13.1. The Labute approximate surface area is 124 Å². The van der Waals surface area contributed by atoms with Gasteiger partial charge < -0.3 is 10.4 Å². The smallest absolute Gasteiger partial charge is 0.337 e.